The summed E-state index contributed by atoms with van der Waals surface area (Å²) in [6.07, 6.45) is -0.207. The van der Waals surface area contributed by atoms with Crippen LogP contribution in [0.2, 0.25) is 0 Å². The van der Waals surface area contributed by atoms with Crippen molar-refractivity contribution < 1.29 is 19.5 Å². The average Bonchev–Trinajstić information content (AvgIpc) is 2.37. The van der Waals surface area contributed by atoms with Gasteiger partial charge in [0.1, 0.15) is 5.38 Å². The van der Waals surface area contributed by atoms with E-state index in [4.69, 9.17) is 16.7 Å². The topological polar surface area (TPSA) is 83.5 Å². The zero-order valence-corrected chi connectivity index (χ0v) is 12.0. The molecule has 1 aromatic rings. The van der Waals surface area contributed by atoms with E-state index in [2.05, 4.69) is 5.32 Å². The fourth-order valence-electron chi connectivity index (χ4n) is 1.60. The maximum Gasteiger partial charge on any atom is 0.304 e. The predicted octanol–water partition coefficient (Wildman–Crippen LogP) is 2.55. The van der Waals surface area contributed by atoms with E-state index in [1.165, 1.54) is 0 Å². The van der Waals surface area contributed by atoms with Crippen molar-refractivity contribution in [2.24, 2.45) is 5.92 Å². The molecule has 6 heteroatoms. The largest absolute Gasteiger partial charge is 0.481 e. The number of carboxylic acid groups (broad SMARTS) is 1. The first-order chi connectivity index (χ1) is 9.31. The van der Waals surface area contributed by atoms with Crippen LogP contribution < -0.4 is 5.32 Å². The third-order valence-electron chi connectivity index (χ3n) is 2.73. The molecule has 1 rings (SSSR count). The van der Waals surface area contributed by atoms with Crippen molar-refractivity contribution in [3.05, 3.63) is 29.8 Å². The average molecular weight is 298 g/mol. The van der Waals surface area contributed by atoms with Crippen molar-refractivity contribution >= 4 is 34.9 Å². The predicted molar refractivity (Wildman–Crippen MR) is 76.1 cm³/mol. The standard InChI is InChI=1S/C14H16ClNO4/c1-8(7-12(17)18)13(19)10-3-5-11(6-4-10)16-14(20)9(2)15/h3-6,8-9H,7H2,1-2H3,(H,16,20)(H,17,18)/t8-,9+/m0/s1. The van der Waals surface area contributed by atoms with Crippen molar-refractivity contribution in [3.63, 3.8) is 0 Å². The van der Waals surface area contributed by atoms with Crippen molar-refractivity contribution in [1.82, 2.24) is 0 Å². The molecule has 0 bridgehead atoms. The number of carboxylic acids is 1. The van der Waals surface area contributed by atoms with E-state index in [0.29, 0.717) is 11.3 Å². The first-order valence-corrected chi connectivity index (χ1v) is 6.56. The summed E-state index contributed by atoms with van der Waals surface area (Å²) in [4.78, 5) is 33.9. The fraction of sp³-hybridized carbons (Fsp3) is 0.357. The van der Waals surface area contributed by atoms with Crippen LogP contribution in [0.3, 0.4) is 0 Å². The number of alkyl halides is 1. The Kier molecular flexibility index (Phi) is 5.70. The lowest BCUT2D eigenvalue weighted by Crippen LogP contribution is -2.20. The molecule has 1 aromatic carbocycles. The number of ketones is 1. The van der Waals surface area contributed by atoms with Gasteiger partial charge >= 0.3 is 5.97 Å². The van der Waals surface area contributed by atoms with E-state index in [-0.39, 0.29) is 18.1 Å². The maximum absolute atomic E-state index is 12.0. The normalized spacial score (nSPS) is 13.3. The number of benzene rings is 1. The number of halogens is 1. The monoisotopic (exact) mass is 297 g/mol. The van der Waals surface area contributed by atoms with Gasteiger partial charge in [-0.3, -0.25) is 14.4 Å². The number of anilines is 1. The van der Waals surface area contributed by atoms with Gasteiger partial charge < -0.3 is 10.4 Å². The Morgan fingerprint density at radius 1 is 1.20 bits per heavy atom. The number of rotatable bonds is 6. The van der Waals surface area contributed by atoms with Gasteiger partial charge in [-0.25, -0.2) is 0 Å². The van der Waals surface area contributed by atoms with Crippen molar-refractivity contribution in [2.45, 2.75) is 25.6 Å². The summed E-state index contributed by atoms with van der Waals surface area (Å²) in [6, 6.07) is 6.26. The SMILES string of the molecule is C[C@@H](Cl)C(=O)Nc1ccc(C(=O)[C@@H](C)CC(=O)O)cc1. The highest BCUT2D eigenvalue weighted by Crippen LogP contribution is 2.16. The van der Waals surface area contributed by atoms with Crippen LogP contribution >= 0.6 is 11.6 Å². The molecule has 20 heavy (non-hydrogen) atoms. The highest BCUT2D eigenvalue weighted by Gasteiger charge is 2.18. The highest BCUT2D eigenvalue weighted by atomic mass is 35.5. The second-order valence-electron chi connectivity index (χ2n) is 4.55. The van der Waals surface area contributed by atoms with Gasteiger partial charge in [-0.1, -0.05) is 6.92 Å². The molecule has 0 unspecified atom stereocenters. The first-order valence-electron chi connectivity index (χ1n) is 6.12. The number of amides is 1. The van der Waals surface area contributed by atoms with Crippen LogP contribution in [-0.4, -0.2) is 28.1 Å². The zero-order chi connectivity index (χ0) is 15.3. The van der Waals surface area contributed by atoms with E-state index < -0.39 is 17.3 Å². The third kappa shape index (κ3) is 4.66. The molecule has 1 amide bonds. The van der Waals surface area contributed by atoms with Crippen molar-refractivity contribution in [3.8, 4) is 0 Å². The number of carbonyl (C=O) groups excluding carboxylic acids is 2. The van der Waals surface area contributed by atoms with E-state index in [1.54, 1.807) is 38.1 Å². The first kappa shape index (κ1) is 16.2. The van der Waals surface area contributed by atoms with E-state index in [0.717, 1.165) is 0 Å². The molecule has 0 saturated carbocycles. The molecule has 0 heterocycles. The van der Waals surface area contributed by atoms with Crippen LogP contribution in [0.4, 0.5) is 5.69 Å². The van der Waals surface area contributed by atoms with Gasteiger partial charge in [0, 0.05) is 17.2 Å². The van der Waals surface area contributed by atoms with E-state index >= 15 is 0 Å². The van der Waals surface area contributed by atoms with Gasteiger partial charge in [-0.2, -0.15) is 0 Å². The molecule has 5 nitrogen and oxygen atoms in total. The lowest BCUT2D eigenvalue weighted by Gasteiger charge is -2.09. The van der Waals surface area contributed by atoms with Crippen molar-refractivity contribution in [2.75, 3.05) is 5.32 Å². The van der Waals surface area contributed by atoms with Gasteiger partial charge in [-0.05, 0) is 31.2 Å². The number of nitrogens with one attached hydrogen (secondary N) is 1. The zero-order valence-electron chi connectivity index (χ0n) is 11.2. The van der Waals surface area contributed by atoms with Crippen LogP contribution in [0.5, 0.6) is 0 Å². The maximum atomic E-state index is 12.0. The Morgan fingerprint density at radius 2 is 1.75 bits per heavy atom. The molecule has 0 aliphatic rings. The quantitative estimate of drug-likeness (QED) is 0.624. The molecule has 0 aromatic heterocycles. The Morgan fingerprint density at radius 3 is 2.20 bits per heavy atom. The van der Waals surface area contributed by atoms with Gasteiger partial charge in [0.2, 0.25) is 5.91 Å². The molecule has 0 radical (unpaired) electrons. The second kappa shape index (κ2) is 7.05. The lowest BCUT2D eigenvalue weighted by molar-refractivity contribution is -0.137. The number of hydrogen-bond acceptors (Lipinski definition) is 3. The summed E-state index contributed by atoms with van der Waals surface area (Å²) in [5.74, 6) is -2.16. The molecular formula is C14H16ClNO4. The van der Waals surface area contributed by atoms with Crippen LogP contribution in [0.15, 0.2) is 24.3 Å². The molecule has 2 N–H and O–H groups in total. The Balaban J connectivity index is 2.73. The van der Waals surface area contributed by atoms with Crippen LogP contribution in [0, 0.1) is 5.92 Å². The van der Waals surface area contributed by atoms with Gasteiger partial charge in [-0.15, -0.1) is 11.6 Å². The number of aliphatic carboxylic acids is 1. The summed E-state index contributed by atoms with van der Waals surface area (Å²) in [7, 11) is 0. The number of hydrogen-bond donors (Lipinski definition) is 2. The summed E-state index contributed by atoms with van der Waals surface area (Å²) in [5, 5.41) is 10.6. The van der Waals surface area contributed by atoms with Crippen LogP contribution in [0.1, 0.15) is 30.6 Å². The van der Waals surface area contributed by atoms with Gasteiger partial charge in [0.25, 0.3) is 0 Å². The highest BCUT2D eigenvalue weighted by molar-refractivity contribution is 6.32. The molecule has 0 fully saturated rings. The fourth-order valence-corrected chi connectivity index (χ4v) is 1.65. The minimum absolute atomic E-state index is 0.207. The smallest absolute Gasteiger partial charge is 0.304 e. The second-order valence-corrected chi connectivity index (χ2v) is 5.20. The Labute approximate surface area is 121 Å². The van der Waals surface area contributed by atoms with E-state index in [1.807, 2.05) is 0 Å². The molecule has 0 spiro atoms. The summed E-state index contributed by atoms with van der Waals surface area (Å²) >= 11 is 5.63. The summed E-state index contributed by atoms with van der Waals surface area (Å²) in [5.41, 5.74) is 0.945. The third-order valence-corrected chi connectivity index (χ3v) is 2.92. The lowest BCUT2D eigenvalue weighted by atomic mass is 9.96. The van der Waals surface area contributed by atoms with Crippen molar-refractivity contribution in [1.29, 1.82) is 0 Å². The van der Waals surface area contributed by atoms with Crippen LogP contribution in [0.25, 0.3) is 0 Å². The Bertz CT molecular complexity index is 510. The Hall–Kier alpha value is -1.88. The summed E-state index contributed by atoms with van der Waals surface area (Å²) < 4.78 is 0. The molecule has 2 atom stereocenters. The molecule has 108 valence electrons. The number of carbonyl (C=O) groups is 3. The number of Topliss-reactive ketones (excluding diaryl/α,β-unsaturated/α-hetero) is 1. The van der Waals surface area contributed by atoms with Gasteiger partial charge in [0.15, 0.2) is 5.78 Å². The van der Waals surface area contributed by atoms with E-state index in [9.17, 15) is 14.4 Å². The molecule has 0 aliphatic heterocycles. The van der Waals surface area contributed by atoms with Crippen LogP contribution in [-0.2, 0) is 9.59 Å². The minimum Gasteiger partial charge on any atom is -0.481 e. The summed E-state index contributed by atoms with van der Waals surface area (Å²) in [6.45, 7) is 3.13. The van der Waals surface area contributed by atoms with Gasteiger partial charge in [0.05, 0.1) is 6.42 Å². The minimum atomic E-state index is -1.01. The molecular weight excluding hydrogens is 282 g/mol. The molecule has 0 aliphatic carbocycles. The molecule has 0 saturated heterocycles.